The van der Waals surface area contributed by atoms with Crippen molar-refractivity contribution in [2.75, 3.05) is 0 Å². The van der Waals surface area contributed by atoms with Crippen LogP contribution < -0.4 is 0 Å². The number of carboxylic acids is 1. The lowest BCUT2D eigenvalue weighted by molar-refractivity contribution is -0.473. The molecule has 0 atom stereocenters. The second-order valence-electron chi connectivity index (χ2n) is 5.55. The molecule has 0 aromatic rings. The molecule has 0 fully saturated rings. The van der Waals surface area contributed by atoms with Crippen LogP contribution in [0.4, 0.5) is 74.6 Å². The zero-order valence-electron chi connectivity index (χ0n) is 14.3. The fraction of sp³-hybridized carbons (Fsp3) is 0.667. The topological polar surface area (TPSA) is 63.6 Å². The van der Waals surface area contributed by atoms with E-state index in [1.165, 1.54) is 0 Å². The molecular formula is C12H3F17O4. The van der Waals surface area contributed by atoms with Crippen molar-refractivity contribution in [3.05, 3.63) is 12.2 Å². The Balaban J connectivity index is 6.58. The second kappa shape index (κ2) is 8.06. The van der Waals surface area contributed by atoms with Crippen LogP contribution in [0.5, 0.6) is 0 Å². The maximum Gasteiger partial charge on any atom is 0.473 e. The van der Waals surface area contributed by atoms with Crippen LogP contribution >= 0.6 is 0 Å². The van der Waals surface area contributed by atoms with Crippen LogP contribution in [0.15, 0.2) is 12.2 Å². The van der Waals surface area contributed by atoms with Crippen molar-refractivity contribution >= 4 is 11.9 Å². The lowest BCUT2D eigenvalue weighted by atomic mass is 9.90. The summed E-state index contributed by atoms with van der Waals surface area (Å²) in [6.45, 7) is 0. The summed E-state index contributed by atoms with van der Waals surface area (Å²) >= 11 is 0. The number of carbonyl (C=O) groups is 2. The third-order valence-corrected chi connectivity index (χ3v) is 3.28. The van der Waals surface area contributed by atoms with Crippen LogP contribution in [0.25, 0.3) is 0 Å². The van der Waals surface area contributed by atoms with Gasteiger partial charge < -0.3 is 9.84 Å². The zero-order chi connectivity index (χ0) is 27.3. The number of hydrogen-bond acceptors (Lipinski definition) is 3. The maximum absolute atomic E-state index is 13.3. The van der Waals surface area contributed by atoms with Crippen molar-refractivity contribution in [3.8, 4) is 0 Å². The van der Waals surface area contributed by atoms with Crippen molar-refractivity contribution in [3.63, 3.8) is 0 Å². The van der Waals surface area contributed by atoms with Gasteiger partial charge in [0, 0.05) is 12.2 Å². The zero-order valence-corrected chi connectivity index (χ0v) is 14.3. The van der Waals surface area contributed by atoms with Gasteiger partial charge in [-0.1, -0.05) is 0 Å². The highest BCUT2D eigenvalue weighted by Gasteiger charge is 2.95. The molecule has 0 rings (SSSR count). The molecule has 194 valence electrons. The van der Waals surface area contributed by atoms with E-state index in [2.05, 4.69) is 4.74 Å². The fourth-order valence-electron chi connectivity index (χ4n) is 1.51. The summed E-state index contributed by atoms with van der Waals surface area (Å²) < 4.78 is 221. The molecule has 0 saturated heterocycles. The molecule has 0 aliphatic rings. The summed E-state index contributed by atoms with van der Waals surface area (Å²) in [5, 5.41) is 8.00. The molecular weight excluding hydrogens is 531 g/mol. The molecule has 0 heterocycles. The number of carboxylic acid groups (broad SMARTS) is 1. The van der Waals surface area contributed by atoms with E-state index in [0.717, 1.165) is 0 Å². The van der Waals surface area contributed by atoms with Gasteiger partial charge in [-0.3, -0.25) is 0 Å². The van der Waals surface area contributed by atoms with Gasteiger partial charge in [0.25, 0.3) is 0 Å². The molecule has 0 spiro atoms. The van der Waals surface area contributed by atoms with Crippen LogP contribution in [0.2, 0.25) is 0 Å². The van der Waals surface area contributed by atoms with E-state index >= 15 is 0 Å². The third kappa shape index (κ3) is 4.49. The summed E-state index contributed by atoms with van der Waals surface area (Å²) in [5.41, 5.74) is 0. The SMILES string of the molecule is O=C(O)/C=C/C(=O)OC(F)(F)C(F)(F)C(F)(F)C(F)(F)C(F)(F)C(F)(F)C(F)(F)C(F)(F)F. The predicted octanol–water partition coefficient (Wildman–Crippen LogP) is 5.14. The van der Waals surface area contributed by atoms with Gasteiger partial charge in [0.2, 0.25) is 0 Å². The Labute approximate surface area is 167 Å². The summed E-state index contributed by atoms with van der Waals surface area (Å²) in [6, 6.07) is 0. The number of alkyl halides is 17. The summed E-state index contributed by atoms with van der Waals surface area (Å²) in [6.07, 6.45) is -16.5. The van der Waals surface area contributed by atoms with Gasteiger partial charge in [-0.05, 0) is 0 Å². The maximum atomic E-state index is 13.3. The van der Waals surface area contributed by atoms with Crippen LogP contribution in [0.1, 0.15) is 0 Å². The van der Waals surface area contributed by atoms with Crippen LogP contribution in [0.3, 0.4) is 0 Å². The smallest absolute Gasteiger partial charge is 0.473 e. The Morgan fingerprint density at radius 1 is 0.515 bits per heavy atom. The molecule has 0 amide bonds. The van der Waals surface area contributed by atoms with E-state index in [1.54, 1.807) is 0 Å². The molecule has 0 aromatic carbocycles. The molecule has 33 heavy (non-hydrogen) atoms. The van der Waals surface area contributed by atoms with Crippen molar-refractivity contribution in [2.24, 2.45) is 0 Å². The first-order chi connectivity index (χ1) is 14.1. The van der Waals surface area contributed by atoms with E-state index in [-0.39, 0.29) is 0 Å². The first-order valence-corrected chi connectivity index (χ1v) is 6.91. The van der Waals surface area contributed by atoms with Crippen molar-refractivity contribution in [1.29, 1.82) is 0 Å². The van der Waals surface area contributed by atoms with Crippen LogP contribution in [-0.2, 0) is 14.3 Å². The molecule has 21 heteroatoms. The van der Waals surface area contributed by atoms with Crippen molar-refractivity contribution in [2.45, 2.75) is 47.8 Å². The highest BCUT2D eigenvalue weighted by atomic mass is 19.4. The van der Waals surface area contributed by atoms with Gasteiger partial charge in [0.15, 0.2) is 0 Å². The minimum Gasteiger partial charge on any atom is -0.478 e. The van der Waals surface area contributed by atoms with E-state index in [4.69, 9.17) is 5.11 Å². The monoisotopic (exact) mass is 534 g/mol. The van der Waals surface area contributed by atoms with E-state index in [1.807, 2.05) is 0 Å². The quantitative estimate of drug-likeness (QED) is 0.253. The average Bonchev–Trinajstić information content (AvgIpc) is 2.57. The van der Waals surface area contributed by atoms with Gasteiger partial charge in [0.1, 0.15) is 0 Å². The molecule has 0 aliphatic heterocycles. The molecule has 0 saturated carbocycles. The standard InChI is InChI=1S/C12H3F17O4/c13-5(14,7(17,18)9(21,22)11(25,26)27)6(15,16)8(19,20)10(23,24)12(28,29)33-4(32)2-1-3(30)31/h1-2H,(H,30,31)/b2-1+. The minimum atomic E-state index is -8.81. The fourth-order valence-corrected chi connectivity index (χ4v) is 1.51. The molecule has 0 aliphatic carbocycles. The second-order valence-corrected chi connectivity index (χ2v) is 5.55. The van der Waals surface area contributed by atoms with Crippen molar-refractivity contribution in [1.82, 2.24) is 0 Å². The number of ether oxygens (including phenoxy) is 1. The minimum absolute atomic E-state index is 0.503. The molecule has 0 bridgehead atoms. The van der Waals surface area contributed by atoms with Crippen molar-refractivity contribution < 1.29 is 94.1 Å². The highest BCUT2D eigenvalue weighted by Crippen LogP contribution is 2.63. The molecule has 0 aromatic heterocycles. The summed E-state index contributed by atoms with van der Waals surface area (Å²) in [5.74, 6) is -56.7. The first-order valence-electron chi connectivity index (χ1n) is 6.91. The van der Waals surface area contributed by atoms with Gasteiger partial charge in [-0.25, -0.2) is 9.59 Å². The lowest BCUT2D eigenvalue weighted by Crippen LogP contribution is -2.74. The number of carbonyl (C=O) groups excluding carboxylic acids is 1. The molecule has 1 N–H and O–H groups in total. The Bertz CT molecular complexity index is 794. The Morgan fingerprint density at radius 3 is 1.12 bits per heavy atom. The Hall–Kier alpha value is -2.51. The highest BCUT2D eigenvalue weighted by molar-refractivity contribution is 5.90. The number of halogens is 17. The Kier molecular flexibility index (Phi) is 7.45. The lowest BCUT2D eigenvalue weighted by Gasteiger charge is -2.42. The number of hydrogen-bond donors (Lipinski definition) is 1. The number of esters is 1. The number of rotatable bonds is 9. The summed E-state index contributed by atoms with van der Waals surface area (Å²) in [7, 11) is 0. The van der Waals surface area contributed by atoms with Gasteiger partial charge in [-0.2, -0.15) is 74.6 Å². The van der Waals surface area contributed by atoms with E-state index in [9.17, 15) is 84.2 Å². The normalized spacial score (nSPS) is 15.7. The molecule has 0 unspecified atom stereocenters. The van der Waals surface area contributed by atoms with E-state index < -0.39 is 71.9 Å². The van der Waals surface area contributed by atoms with E-state index in [0.29, 0.717) is 0 Å². The van der Waals surface area contributed by atoms with Crippen LogP contribution in [0, 0.1) is 0 Å². The van der Waals surface area contributed by atoms with Gasteiger partial charge >= 0.3 is 59.8 Å². The van der Waals surface area contributed by atoms with Crippen LogP contribution in [-0.4, -0.2) is 64.9 Å². The molecule has 0 radical (unpaired) electrons. The predicted molar refractivity (Wildman–Crippen MR) is 63.6 cm³/mol. The Morgan fingerprint density at radius 2 is 0.818 bits per heavy atom. The van der Waals surface area contributed by atoms with Gasteiger partial charge in [0.05, 0.1) is 0 Å². The summed E-state index contributed by atoms with van der Waals surface area (Å²) in [4.78, 5) is 20.6. The van der Waals surface area contributed by atoms with Gasteiger partial charge in [-0.15, -0.1) is 0 Å². The number of aliphatic carboxylic acids is 1. The average molecular weight is 534 g/mol. The third-order valence-electron chi connectivity index (χ3n) is 3.28. The largest absolute Gasteiger partial charge is 0.478 e. The molecule has 4 nitrogen and oxygen atoms in total. The first kappa shape index (κ1) is 30.5.